The first kappa shape index (κ1) is 15.9. The summed E-state index contributed by atoms with van der Waals surface area (Å²) in [5, 5.41) is 1.74. The van der Waals surface area contributed by atoms with Gasteiger partial charge in [-0.1, -0.05) is 30.7 Å². The highest BCUT2D eigenvalue weighted by atomic mass is 35.5. The van der Waals surface area contributed by atoms with Crippen molar-refractivity contribution in [1.82, 2.24) is 0 Å². The van der Waals surface area contributed by atoms with Crippen LogP contribution in [-0.2, 0) is 16.5 Å². The van der Waals surface area contributed by atoms with E-state index in [2.05, 4.69) is 4.18 Å². The van der Waals surface area contributed by atoms with Crippen LogP contribution in [0.15, 0.2) is 30.3 Å². The van der Waals surface area contributed by atoms with Gasteiger partial charge in [-0.3, -0.25) is 0 Å². The van der Waals surface area contributed by atoms with Crippen LogP contribution < -0.4 is 4.18 Å². The molecule has 0 unspecified atom stereocenters. The lowest BCUT2D eigenvalue weighted by Crippen LogP contribution is -2.28. The van der Waals surface area contributed by atoms with Gasteiger partial charge in [0.25, 0.3) is 0 Å². The van der Waals surface area contributed by atoms with Crippen LogP contribution in [0, 0.1) is 0 Å². The number of benzene rings is 2. The molecule has 0 saturated carbocycles. The van der Waals surface area contributed by atoms with Crippen molar-refractivity contribution in [3.63, 3.8) is 0 Å². The largest absolute Gasteiger partial charge is 0.534 e. The molecule has 0 amide bonds. The Bertz CT molecular complexity index is 785. The van der Waals surface area contributed by atoms with Crippen molar-refractivity contribution in [2.24, 2.45) is 0 Å². The Balaban J connectivity index is 2.53. The van der Waals surface area contributed by atoms with Crippen LogP contribution >= 0.6 is 11.6 Å². The van der Waals surface area contributed by atoms with Gasteiger partial charge in [0.1, 0.15) is 5.75 Å². The zero-order valence-corrected chi connectivity index (χ0v) is 12.3. The molecule has 114 valence electrons. The summed E-state index contributed by atoms with van der Waals surface area (Å²) in [5.41, 5.74) is -4.76. The maximum absolute atomic E-state index is 12.3. The molecule has 0 atom stereocenters. The molecular weight excluding hydrogens is 329 g/mol. The monoisotopic (exact) mass is 338 g/mol. The number of hydrogen-bond acceptors (Lipinski definition) is 3. The van der Waals surface area contributed by atoms with Gasteiger partial charge in [0, 0.05) is 5.02 Å². The predicted molar refractivity (Wildman–Crippen MR) is 73.9 cm³/mol. The van der Waals surface area contributed by atoms with E-state index in [1.807, 2.05) is 6.92 Å². The summed E-state index contributed by atoms with van der Waals surface area (Å²) >= 11 is 6.02. The SMILES string of the molecule is CCc1c(Cl)ccc2ccc(OS(=O)(=O)C(F)(F)F)cc12. The van der Waals surface area contributed by atoms with Gasteiger partial charge in [-0.2, -0.15) is 21.6 Å². The molecule has 0 saturated heterocycles. The average Bonchev–Trinajstić information content (AvgIpc) is 2.36. The van der Waals surface area contributed by atoms with Crippen molar-refractivity contribution >= 4 is 32.5 Å². The van der Waals surface area contributed by atoms with Crippen LogP contribution in [0.4, 0.5) is 13.2 Å². The van der Waals surface area contributed by atoms with E-state index in [-0.39, 0.29) is 0 Å². The van der Waals surface area contributed by atoms with Crippen molar-refractivity contribution < 1.29 is 25.8 Å². The second kappa shape index (κ2) is 5.38. The molecule has 2 rings (SSSR count). The molecule has 0 spiro atoms. The lowest BCUT2D eigenvalue weighted by atomic mass is 10.0. The fraction of sp³-hybridized carbons (Fsp3) is 0.231. The van der Waals surface area contributed by atoms with Crippen molar-refractivity contribution in [3.8, 4) is 5.75 Å². The van der Waals surface area contributed by atoms with Crippen molar-refractivity contribution in [2.75, 3.05) is 0 Å². The summed E-state index contributed by atoms with van der Waals surface area (Å²) in [5.74, 6) is -0.406. The van der Waals surface area contributed by atoms with Crippen LogP contribution in [0.25, 0.3) is 10.8 Å². The normalized spacial score (nSPS) is 12.6. The zero-order chi connectivity index (χ0) is 15.8. The van der Waals surface area contributed by atoms with Crippen LogP contribution in [0.5, 0.6) is 5.75 Å². The van der Waals surface area contributed by atoms with Crippen LogP contribution in [0.3, 0.4) is 0 Å². The minimum absolute atomic E-state index is 0.406. The van der Waals surface area contributed by atoms with E-state index in [0.717, 1.165) is 5.39 Å². The van der Waals surface area contributed by atoms with Gasteiger partial charge in [0.05, 0.1) is 0 Å². The van der Waals surface area contributed by atoms with Crippen LogP contribution in [-0.4, -0.2) is 13.9 Å². The molecule has 0 radical (unpaired) electrons. The third kappa shape index (κ3) is 3.08. The Kier molecular flexibility index (Phi) is 4.08. The molecule has 0 bridgehead atoms. The van der Waals surface area contributed by atoms with Crippen molar-refractivity contribution in [2.45, 2.75) is 18.9 Å². The van der Waals surface area contributed by atoms with Gasteiger partial charge in [-0.05, 0) is 41.0 Å². The first-order chi connectivity index (χ1) is 9.65. The Hall–Kier alpha value is -1.47. The number of halogens is 4. The Morgan fingerprint density at radius 3 is 2.38 bits per heavy atom. The number of alkyl halides is 3. The molecule has 8 heteroatoms. The molecule has 0 heterocycles. The van der Waals surface area contributed by atoms with Crippen LogP contribution in [0.2, 0.25) is 5.02 Å². The molecule has 0 aliphatic carbocycles. The number of hydrogen-bond donors (Lipinski definition) is 0. The molecule has 0 aliphatic rings. The quantitative estimate of drug-likeness (QED) is 0.619. The fourth-order valence-electron chi connectivity index (χ4n) is 1.92. The van der Waals surface area contributed by atoms with E-state index in [9.17, 15) is 21.6 Å². The Morgan fingerprint density at radius 1 is 1.19 bits per heavy atom. The summed E-state index contributed by atoms with van der Waals surface area (Å²) in [6.45, 7) is 1.83. The second-order valence-corrected chi connectivity index (χ2v) is 6.19. The highest BCUT2D eigenvalue weighted by Gasteiger charge is 2.48. The summed E-state index contributed by atoms with van der Waals surface area (Å²) < 4.78 is 63.1. The van der Waals surface area contributed by atoms with E-state index in [1.54, 1.807) is 12.1 Å². The molecule has 0 fully saturated rings. The van der Waals surface area contributed by atoms with Gasteiger partial charge in [-0.15, -0.1) is 0 Å². The second-order valence-electron chi connectivity index (χ2n) is 4.25. The van der Waals surface area contributed by atoms with E-state index >= 15 is 0 Å². The topological polar surface area (TPSA) is 43.4 Å². The highest BCUT2D eigenvalue weighted by molar-refractivity contribution is 7.88. The third-order valence-electron chi connectivity index (χ3n) is 2.89. The van der Waals surface area contributed by atoms with Crippen molar-refractivity contribution in [1.29, 1.82) is 0 Å². The van der Waals surface area contributed by atoms with Gasteiger partial charge in [0.15, 0.2) is 0 Å². The molecular formula is C13H10ClF3O3S. The minimum Gasteiger partial charge on any atom is -0.376 e. The maximum Gasteiger partial charge on any atom is 0.534 e. The first-order valence-electron chi connectivity index (χ1n) is 5.87. The number of aryl methyl sites for hydroxylation is 1. The van der Waals surface area contributed by atoms with E-state index < -0.39 is 21.4 Å². The van der Waals surface area contributed by atoms with Crippen LogP contribution in [0.1, 0.15) is 12.5 Å². The Morgan fingerprint density at radius 2 is 1.81 bits per heavy atom. The van der Waals surface area contributed by atoms with Crippen molar-refractivity contribution in [3.05, 3.63) is 40.9 Å². The third-order valence-corrected chi connectivity index (χ3v) is 4.22. The summed E-state index contributed by atoms with van der Waals surface area (Å²) in [6, 6.07) is 7.25. The van der Waals surface area contributed by atoms with E-state index in [0.29, 0.717) is 22.4 Å². The molecule has 0 N–H and O–H groups in total. The molecule has 2 aromatic rings. The Labute approximate surface area is 124 Å². The van der Waals surface area contributed by atoms with E-state index in [4.69, 9.17) is 11.6 Å². The molecule has 21 heavy (non-hydrogen) atoms. The lowest BCUT2D eigenvalue weighted by Gasteiger charge is -2.11. The fourth-order valence-corrected chi connectivity index (χ4v) is 2.67. The molecule has 2 aromatic carbocycles. The molecule has 0 aromatic heterocycles. The summed E-state index contributed by atoms with van der Waals surface area (Å²) in [7, 11) is -5.68. The number of rotatable bonds is 3. The maximum atomic E-state index is 12.3. The van der Waals surface area contributed by atoms with Gasteiger partial charge < -0.3 is 4.18 Å². The standard InChI is InChI=1S/C13H10ClF3O3S/c1-2-10-11-7-9(20-21(18,19)13(15,16)17)5-3-8(11)4-6-12(10)14/h3-7H,2H2,1H3. The highest BCUT2D eigenvalue weighted by Crippen LogP contribution is 2.32. The van der Waals surface area contributed by atoms with Gasteiger partial charge in [0.2, 0.25) is 0 Å². The summed E-state index contributed by atoms with van der Waals surface area (Å²) in [6.07, 6.45) is 0.547. The minimum atomic E-state index is -5.68. The first-order valence-corrected chi connectivity index (χ1v) is 7.66. The lowest BCUT2D eigenvalue weighted by molar-refractivity contribution is -0.0500. The average molecular weight is 339 g/mol. The van der Waals surface area contributed by atoms with Gasteiger partial charge in [-0.25, -0.2) is 0 Å². The zero-order valence-electron chi connectivity index (χ0n) is 10.7. The predicted octanol–water partition coefficient (Wildman–Crippen LogP) is 4.28. The number of fused-ring (bicyclic) bond motifs is 1. The van der Waals surface area contributed by atoms with E-state index in [1.165, 1.54) is 18.2 Å². The molecule has 3 nitrogen and oxygen atoms in total. The van der Waals surface area contributed by atoms with Gasteiger partial charge >= 0.3 is 15.6 Å². The smallest absolute Gasteiger partial charge is 0.376 e. The summed E-state index contributed by atoms with van der Waals surface area (Å²) in [4.78, 5) is 0. The molecule has 0 aliphatic heterocycles.